The van der Waals surface area contributed by atoms with E-state index in [1.165, 1.54) is 0 Å². The Morgan fingerprint density at radius 2 is 2.24 bits per heavy atom. The number of rotatable bonds is 6. The number of unbranched alkanes of at least 4 members (excludes halogenated alkanes) is 2. The van der Waals surface area contributed by atoms with Crippen LogP contribution in [0.25, 0.3) is 0 Å². The molecule has 2 N–H and O–H groups in total. The third-order valence-corrected chi connectivity index (χ3v) is 2.61. The van der Waals surface area contributed by atoms with Gasteiger partial charge >= 0.3 is 5.97 Å². The van der Waals surface area contributed by atoms with Gasteiger partial charge in [-0.25, -0.2) is 4.79 Å². The first-order chi connectivity index (χ1) is 8.16. The maximum atomic E-state index is 11.0. The summed E-state index contributed by atoms with van der Waals surface area (Å²) in [6, 6.07) is 4.99. The number of aromatic carboxylic acids is 1. The molecule has 0 saturated heterocycles. The van der Waals surface area contributed by atoms with Crippen LogP contribution >= 0.6 is 11.6 Å². The number of terminal acetylenes is 1. The van der Waals surface area contributed by atoms with Crippen molar-refractivity contribution in [1.29, 1.82) is 0 Å². The first-order valence-corrected chi connectivity index (χ1v) is 5.73. The van der Waals surface area contributed by atoms with Crippen molar-refractivity contribution in [3.05, 3.63) is 28.8 Å². The summed E-state index contributed by atoms with van der Waals surface area (Å²) in [5, 5.41) is 12.3. The standard InChI is InChI=1S/C13H14ClNO2/c1-2-3-4-5-9-15-11-8-6-7-10(14)12(11)13(16)17/h1,6-8,15H,3-5,9H2,(H,16,17). The van der Waals surface area contributed by atoms with Gasteiger partial charge in [0.1, 0.15) is 5.56 Å². The average molecular weight is 252 g/mol. The van der Waals surface area contributed by atoms with Crippen LogP contribution in [0.1, 0.15) is 29.6 Å². The lowest BCUT2D eigenvalue weighted by molar-refractivity contribution is 0.0698. The number of nitrogens with one attached hydrogen (secondary N) is 1. The Bertz CT molecular complexity index is 438. The highest BCUT2D eigenvalue weighted by molar-refractivity contribution is 6.34. The van der Waals surface area contributed by atoms with Gasteiger partial charge in [-0.3, -0.25) is 0 Å². The Kier molecular flexibility index (Phi) is 5.38. The van der Waals surface area contributed by atoms with Crippen LogP contribution in [-0.4, -0.2) is 17.6 Å². The lowest BCUT2D eigenvalue weighted by Gasteiger charge is -2.10. The zero-order valence-electron chi connectivity index (χ0n) is 9.37. The summed E-state index contributed by atoms with van der Waals surface area (Å²) in [5.74, 6) is 1.54. The van der Waals surface area contributed by atoms with E-state index in [1.54, 1.807) is 18.2 Å². The van der Waals surface area contributed by atoms with Crippen LogP contribution in [0, 0.1) is 12.3 Å². The van der Waals surface area contributed by atoms with Gasteiger partial charge in [0.05, 0.1) is 10.7 Å². The zero-order chi connectivity index (χ0) is 12.7. The molecule has 0 amide bonds. The predicted octanol–water partition coefficient (Wildman–Crippen LogP) is 3.25. The molecule has 1 aromatic carbocycles. The lowest BCUT2D eigenvalue weighted by Crippen LogP contribution is -2.08. The normalized spacial score (nSPS) is 9.65. The highest BCUT2D eigenvalue weighted by Crippen LogP contribution is 2.24. The summed E-state index contributed by atoms with van der Waals surface area (Å²) >= 11 is 5.84. The topological polar surface area (TPSA) is 49.3 Å². The first-order valence-electron chi connectivity index (χ1n) is 5.36. The molecule has 3 nitrogen and oxygen atoms in total. The van der Waals surface area contributed by atoms with E-state index in [1.807, 2.05) is 0 Å². The average Bonchev–Trinajstić information content (AvgIpc) is 2.28. The second kappa shape index (κ2) is 6.82. The van der Waals surface area contributed by atoms with Crippen LogP contribution in [-0.2, 0) is 0 Å². The summed E-state index contributed by atoms with van der Waals surface area (Å²) < 4.78 is 0. The summed E-state index contributed by atoms with van der Waals surface area (Å²) in [5.41, 5.74) is 0.664. The number of benzene rings is 1. The summed E-state index contributed by atoms with van der Waals surface area (Å²) in [7, 11) is 0. The van der Waals surface area contributed by atoms with Gasteiger partial charge in [0.2, 0.25) is 0 Å². The molecule has 0 aromatic heterocycles. The third kappa shape index (κ3) is 4.01. The zero-order valence-corrected chi connectivity index (χ0v) is 10.1. The Balaban J connectivity index is 2.62. The van der Waals surface area contributed by atoms with Gasteiger partial charge in [0.15, 0.2) is 0 Å². The number of carboxylic acids is 1. The van der Waals surface area contributed by atoms with Crippen molar-refractivity contribution in [2.24, 2.45) is 0 Å². The largest absolute Gasteiger partial charge is 0.478 e. The minimum Gasteiger partial charge on any atom is -0.478 e. The van der Waals surface area contributed by atoms with Gasteiger partial charge in [0.25, 0.3) is 0 Å². The second-order valence-electron chi connectivity index (χ2n) is 3.56. The Morgan fingerprint density at radius 3 is 2.88 bits per heavy atom. The van der Waals surface area contributed by atoms with Gasteiger partial charge in [-0.05, 0) is 25.0 Å². The second-order valence-corrected chi connectivity index (χ2v) is 3.96. The van der Waals surface area contributed by atoms with Crippen molar-refractivity contribution >= 4 is 23.3 Å². The monoisotopic (exact) mass is 251 g/mol. The molecule has 1 rings (SSSR count). The van der Waals surface area contributed by atoms with Gasteiger partial charge in [0, 0.05) is 13.0 Å². The molecule has 0 fully saturated rings. The molecule has 0 radical (unpaired) electrons. The fourth-order valence-electron chi connectivity index (χ4n) is 1.46. The minimum absolute atomic E-state index is 0.117. The number of carboxylic acid groups (broad SMARTS) is 1. The molecule has 0 aliphatic heterocycles. The smallest absolute Gasteiger partial charge is 0.339 e. The highest BCUT2D eigenvalue weighted by Gasteiger charge is 2.13. The molecular weight excluding hydrogens is 238 g/mol. The van der Waals surface area contributed by atoms with Crippen LogP contribution in [0.5, 0.6) is 0 Å². The molecule has 0 heterocycles. The van der Waals surface area contributed by atoms with Crippen molar-refractivity contribution in [3.63, 3.8) is 0 Å². The van der Waals surface area contributed by atoms with Crippen molar-refractivity contribution in [1.82, 2.24) is 0 Å². The van der Waals surface area contributed by atoms with Crippen molar-refractivity contribution in [3.8, 4) is 12.3 Å². The molecular formula is C13H14ClNO2. The third-order valence-electron chi connectivity index (χ3n) is 2.29. The minimum atomic E-state index is -1.03. The van der Waals surface area contributed by atoms with Crippen LogP contribution in [0.3, 0.4) is 0 Å². The number of hydrogen-bond acceptors (Lipinski definition) is 2. The molecule has 0 spiro atoms. The predicted molar refractivity (Wildman–Crippen MR) is 69.6 cm³/mol. The van der Waals surface area contributed by atoms with E-state index in [0.29, 0.717) is 12.2 Å². The maximum Gasteiger partial charge on any atom is 0.339 e. The number of hydrogen-bond donors (Lipinski definition) is 2. The summed E-state index contributed by atoms with van der Waals surface area (Å²) in [6.07, 6.45) is 7.70. The quantitative estimate of drug-likeness (QED) is 0.603. The molecule has 1 aromatic rings. The fraction of sp³-hybridized carbons (Fsp3) is 0.308. The molecule has 0 aliphatic carbocycles. The number of anilines is 1. The SMILES string of the molecule is C#CCCCCNc1cccc(Cl)c1C(=O)O. The molecule has 0 bridgehead atoms. The van der Waals surface area contributed by atoms with Crippen LogP contribution in [0.4, 0.5) is 5.69 Å². The highest BCUT2D eigenvalue weighted by atomic mass is 35.5. The number of carbonyl (C=O) groups is 1. The van der Waals surface area contributed by atoms with Crippen molar-refractivity contribution < 1.29 is 9.90 Å². The molecule has 0 aliphatic rings. The number of halogens is 1. The molecule has 0 atom stereocenters. The maximum absolute atomic E-state index is 11.0. The van der Waals surface area contributed by atoms with E-state index in [-0.39, 0.29) is 10.6 Å². The van der Waals surface area contributed by atoms with Gasteiger partial charge in [-0.1, -0.05) is 17.7 Å². The van der Waals surface area contributed by atoms with E-state index in [0.717, 1.165) is 19.3 Å². The van der Waals surface area contributed by atoms with Gasteiger partial charge in [-0.2, -0.15) is 0 Å². The van der Waals surface area contributed by atoms with Gasteiger partial charge < -0.3 is 10.4 Å². The van der Waals surface area contributed by atoms with E-state index in [9.17, 15) is 4.79 Å². The van der Waals surface area contributed by atoms with E-state index in [2.05, 4.69) is 11.2 Å². The van der Waals surface area contributed by atoms with Crippen LogP contribution < -0.4 is 5.32 Å². The van der Waals surface area contributed by atoms with Crippen LogP contribution in [0.2, 0.25) is 5.02 Å². The molecule has 0 saturated carbocycles. The Morgan fingerprint density at radius 1 is 1.47 bits per heavy atom. The lowest BCUT2D eigenvalue weighted by atomic mass is 10.1. The van der Waals surface area contributed by atoms with E-state index in [4.69, 9.17) is 23.1 Å². The molecule has 17 heavy (non-hydrogen) atoms. The van der Waals surface area contributed by atoms with Gasteiger partial charge in [-0.15, -0.1) is 12.3 Å². The summed E-state index contributed by atoms with van der Waals surface area (Å²) in [4.78, 5) is 11.0. The summed E-state index contributed by atoms with van der Waals surface area (Å²) in [6.45, 7) is 0.683. The Labute approximate surface area is 106 Å². The van der Waals surface area contributed by atoms with Crippen LogP contribution in [0.15, 0.2) is 18.2 Å². The molecule has 90 valence electrons. The van der Waals surface area contributed by atoms with Crippen molar-refractivity contribution in [2.75, 3.05) is 11.9 Å². The Hall–Kier alpha value is -1.66. The molecule has 4 heteroatoms. The fourth-order valence-corrected chi connectivity index (χ4v) is 1.72. The first kappa shape index (κ1) is 13.4. The van der Waals surface area contributed by atoms with E-state index < -0.39 is 5.97 Å². The van der Waals surface area contributed by atoms with Crippen molar-refractivity contribution in [2.45, 2.75) is 19.3 Å². The van der Waals surface area contributed by atoms with E-state index >= 15 is 0 Å². The molecule has 0 unspecified atom stereocenters.